The van der Waals surface area contributed by atoms with E-state index in [9.17, 15) is 43.2 Å². The van der Waals surface area contributed by atoms with Crippen LogP contribution >= 0.6 is 15.6 Å². The Morgan fingerprint density at radius 2 is 0.530 bits per heavy atom. The lowest BCUT2D eigenvalue weighted by molar-refractivity contribution is -0.161. The summed E-state index contributed by atoms with van der Waals surface area (Å²) in [6.45, 7) is 4.53. The van der Waals surface area contributed by atoms with E-state index in [-0.39, 0.29) is 25.7 Å². The molecule has 0 bridgehead atoms. The van der Waals surface area contributed by atoms with Crippen LogP contribution in [0.15, 0.2) is 122 Å². The quantitative estimate of drug-likeness (QED) is 0.0169. The highest BCUT2D eigenvalue weighted by Crippen LogP contribution is 2.45. The fourth-order valence-corrected chi connectivity index (χ4v) is 11.6. The van der Waals surface area contributed by atoms with Crippen molar-refractivity contribution in [3.05, 3.63) is 122 Å². The summed E-state index contributed by atoms with van der Waals surface area (Å²) >= 11 is 0. The number of rotatable bonds is 72. The smallest absolute Gasteiger partial charge is 0.462 e. The third kappa shape index (κ3) is 71.8. The Kier molecular flexibility index (Phi) is 69.5. The number of carbonyl (C=O) groups excluding carboxylic acids is 4. The Morgan fingerprint density at radius 3 is 0.840 bits per heavy atom. The molecule has 19 heteroatoms. The minimum Gasteiger partial charge on any atom is -0.462 e. The molecule has 0 amide bonds. The first-order valence-corrected chi connectivity index (χ1v) is 41.8. The van der Waals surface area contributed by atoms with Gasteiger partial charge in [-0.1, -0.05) is 258 Å². The van der Waals surface area contributed by atoms with Gasteiger partial charge in [-0.25, -0.2) is 9.13 Å². The summed E-state index contributed by atoms with van der Waals surface area (Å²) in [5, 5.41) is 10.6. The number of unbranched alkanes of at least 4 members (excludes halogenated alkanes) is 26. The Morgan fingerprint density at radius 1 is 0.290 bits per heavy atom. The molecule has 5 atom stereocenters. The number of carbonyl (C=O) groups is 4. The van der Waals surface area contributed by atoms with Crippen LogP contribution in [-0.2, 0) is 65.4 Å². The molecular formula is C81H138O17P2. The number of hydrogen-bond acceptors (Lipinski definition) is 15. The van der Waals surface area contributed by atoms with Crippen molar-refractivity contribution in [2.45, 2.75) is 329 Å². The van der Waals surface area contributed by atoms with Crippen LogP contribution in [0.25, 0.3) is 0 Å². The maximum absolute atomic E-state index is 13.1. The molecule has 0 heterocycles. The van der Waals surface area contributed by atoms with Gasteiger partial charge >= 0.3 is 39.5 Å². The van der Waals surface area contributed by atoms with Gasteiger partial charge in [-0.05, 0) is 148 Å². The molecular weight excluding hydrogens is 1310 g/mol. The van der Waals surface area contributed by atoms with Crippen LogP contribution < -0.4 is 0 Å². The molecule has 0 aliphatic rings. The maximum Gasteiger partial charge on any atom is 0.472 e. The highest BCUT2D eigenvalue weighted by atomic mass is 31.2. The third-order valence-corrected chi connectivity index (χ3v) is 17.8. The first-order valence-electron chi connectivity index (χ1n) is 38.8. The topological polar surface area (TPSA) is 237 Å². The lowest BCUT2D eigenvalue weighted by atomic mass is 10.1. The summed E-state index contributed by atoms with van der Waals surface area (Å²) in [5.41, 5.74) is 0. The van der Waals surface area contributed by atoms with Crippen molar-refractivity contribution < 1.29 is 80.2 Å². The van der Waals surface area contributed by atoms with Crippen molar-refractivity contribution in [1.29, 1.82) is 0 Å². The number of aliphatic hydroxyl groups is 1. The minimum absolute atomic E-state index is 0.0763. The standard InChI is InChI=1S/C81H138O17P2/c1-5-9-13-17-21-25-29-32-35-37-40-42-46-49-53-57-61-65-78(83)91-71-76(97-80(85)67-63-59-55-51-45-28-24-20-16-12-8-4)73-95-99(87,88)93-69-75(82)70-94-100(89,90)96-74-77(98-81(86)68-64-60-56-52-48-44-39-34-31-27-23-19-15-11-7-3)72-92-79(84)66-62-58-54-50-47-43-41-38-36-33-30-26-22-18-14-10-6-2/h9-10,13-14,20-22,24-26,32-36,39-43,75-77,82H,5-8,11-12,15-19,23,27-31,37-38,44-74H2,1-4H3,(H,87,88)(H,89,90)/b13-9-,14-10-,24-20-,25-21-,26-22-,35-32-,36-33-,39-34-,42-40-,43-41-. The second-order valence-corrected chi connectivity index (χ2v) is 28.4. The molecule has 3 N–H and O–H groups in total. The number of hydrogen-bond donors (Lipinski definition) is 3. The van der Waals surface area contributed by atoms with Gasteiger partial charge in [0.15, 0.2) is 12.2 Å². The number of aliphatic hydroxyl groups excluding tert-OH is 1. The lowest BCUT2D eigenvalue weighted by Crippen LogP contribution is -2.30. The molecule has 100 heavy (non-hydrogen) atoms. The zero-order valence-corrected chi connectivity index (χ0v) is 64.4. The summed E-state index contributed by atoms with van der Waals surface area (Å²) in [7, 11) is -9.97. The fraction of sp³-hybridized carbons (Fsp3) is 0.704. The van der Waals surface area contributed by atoms with E-state index in [1.165, 1.54) is 51.4 Å². The SMILES string of the molecule is CC/C=C\C/C=C\C/C=C\C/C=C\CCCCCCC(=O)OCC(COP(=O)(O)OCC(O)COP(=O)(O)OCC(COC(=O)CCCCCC/C=C\C/C=C\C/C=C\C/C=C\CC)OC(=O)CCCCCCC/C=C\CCCCCCCC)OC(=O)CCCCCCC/C=C\CCCC. The molecule has 0 fully saturated rings. The average Bonchev–Trinajstić information content (AvgIpc) is 0.989. The van der Waals surface area contributed by atoms with Crippen molar-refractivity contribution in [3.8, 4) is 0 Å². The lowest BCUT2D eigenvalue weighted by Gasteiger charge is -2.21. The van der Waals surface area contributed by atoms with E-state index in [4.69, 9.17) is 37.0 Å². The van der Waals surface area contributed by atoms with Gasteiger partial charge in [0.1, 0.15) is 19.3 Å². The van der Waals surface area contributed by atoms with Crippen LogP contribution in [0.1, 0.15) is 310 Å². The van der Waals surface area contributed by atoms with E-state index in [2.05, 4.69) is 149 Å². The van der Waals surface area contributed by atoms with Gasteiger partial charge in [0.2, 0.25) is 0 Å². The molecule has 17 nitrogen and oxygen atoms in total. The van der Waals surface area contributed by atoms with Crippen LogP contribution in [0.3, 0.4) is 0 Å². The van der Waals surface area contributed by atoms with Crippen LogP contribution in [0.4, 0.5) is 0 Å². The Balaban J connectivity index is 5.37. The molecule has 0 aromatic heterocycles. The summed E-state index contributed by atoms with van der Waals surface area (Å²) < 4.78 is 68.4. The number of ether oxygens (including phenoxy) is 4. The van der Waals surface area contributed by atoms with E-state index in [0.717, 1.165) is 180 Å². The Hall–Kier alpha value is -4.54. The number of allylic oxidation sites excluding steroid dienone is 20. The highest BCUT2D eigenvalue weighted by molar-refractivity contribution is 7.47. The monoisotopic (exact) mass is 1440 g/mol. The number of phosphoric acid groups is 2. The van der Waals surface area contributed by atoms with Gasteiger partial charge in [0.05, 0.1) is 26.4 Å². The second kappa shape index (κ2) is 72.8. The van der Waals surface area contributed by atoms with Crippen molar-refractivity contribution in [3.63, 3.8) is 0 Å². The van der Waals surface area contributed by atoms with Gasteiger partial charge in [-0.2, -0.15) is 0 Å². The molecule has 0 rings (SSSR count). The predicted octanol–water partition coefficient (Wildman–Crippen LogP) is 22.3. The van der Waals surface area contributed by atoms with Crippen LogP contribution in [0, 0.1) is 0 Å². The maximum atomic E-state index is 13.1. The third-order valence-electron chi connectivity index (χ3n) is 15.9. The minimum atomic E-state index is -4.99. The number of phosphoric ester groups is 2. The Bertz CT molecular complexity index is 2370. The molecule has 5 unspecified atom stereocenters. The molecule has 0 spiro atoms. The predicted molar refractivity (Wildman–Crippen MR) is 408 cm³/mol. The fourth-order valence-electron chi connectivity index (χ4n) is 10.0. The summed E-state index contributed by atoms with van der Waals surface area (Å²) in [6, 6.07) is 0. The van der Waals surface area contributed by atoms with E-state index in [0.29, 0.717) is 25.7 Å². The van der Waals surface area contributed by atoms with Crippen molar-refractivity contribution in [2.75, 3.05) is 39.6 Å². The molecule has 0 saturated carbocycles. The van der Waals surface area contributed by atoms with Crippen LogP contribution in [0.5, 0.6) is 0 Å². The first kappa shape index (κ1) is 95.5. The van der Waals surface area contributed by atoms with Crippen LogP contribution in [0.2, 0.25) is 0 Å². The molecule has 0 aromatic carbocycles. The normalized spacial score (nSPS) is 14.6. The second-order valence-electron chi connectivity index (χ2n) is 25.5. The van der Waals surface area contributed by atoms with E-state index in [1.54, 1.807) is 0 Å². The van der Waals surface area contributed by atoms with Crippen molar-refractivity contribution >= 4 is 39.5 Å². The molecule has 0 saturated heterocycles. The first-order chi connectivity index (χ1) is 48.7. The van der Waals surface area contributed by atoms with Gasteiger partial charge in [0.25, 0.3) is 0 Å². The zero-order chi connectivity index (χ0) is 73.2. The van der Waals surface area contributed by atoms with Gasteiger partial charge < -0.3 is 33.8 Å². The van der Waals surface area contributed by atoms with Gasteiger partial charge in [-0.3, -0.25) is 37.3 Å². The molecule has 0 aliphatic carbocycles. The van der Waals surface area contributed by atoms with Crippen molar-refractivity contribution in [2.24, 2.45) is 0 Å². The van der Waals surface area contributed by atoms with E-state index in [1.807, 2.05) is 0 Å². The summed E-state index contributed by atoms with van der Waals surface area (Å²) in [5.74, 6) is -2.24. The number of esters is 4. The van der Waals surface area contributed by atoms with Crippen molar-refractivity contribution in [1.82, 2.24) is 0 Å². The summed E-state index contributed by atoms with van der Waals surface area (Å²) in [4.78, 5) is 72.9. The average molecular weight is 1450 g/mol. The summed E-state index contributed by atoms with van der Waals surface area (Å²) in [6.07, 6.45) is 79.0. The molecule has 0 aromatic rings. The highest BCUT2D eigenvalue weighted by Gasteiger charge is 2.30. The van der Waals surface area contributed by atoms with Gasteiger partial charge in [-0.15, -0.1) is 0 Å². The Labute approximate surface area is 606 Å². The molecule has 0 radical (unpaired) electrons. The van der Waals surface area contributed by atoms with E-state index < -0.39 is 97.5 Å². The van der Waals surface area contributed by atoms with Gasteiger partial charge in [0, 0.05) is 25.7 Å². The molecule has 574 valence electrons. The van der Waals surface area contributed by atoms with E-state index >= 15 is 0 Å². The molecule has 0 aliphatic heterocycles. The van der Waals surface area contributed by atoms with Crippen LogP contribution in [-0.4, -0.2) is 96.7 Å². The zero-order valence-electron chi connectivity index (χ0n) is 62.6. The largest absolute Gasteiger partial charge is 0.472 e.